The Balaban J connectivity index is 2.47. The van der Waals surface area contributed by atoms with Crippen molar-refractivity contribution in [3.63, 3.8) is 0 Å². The number of rotatable bonds is 4. The lowest BCUT2D eigenvalue weighted by Gasteiger charge is -2.17. The summed E-state index contributed by atoms with van der Waals surface area (Å²) in [6, 6.07) is 5.93. The Morgan fingerprint density at radius 2 is 1.90 bits per heavy atom. The van der Waals surface area contributed by atoms with Crippen molar-refractivity contribution in [2.24, 2.45) is 0 Å². The van der Waals surface area contributed by atoms with E-state index < -0.39 is 0 Å². The van der Waals surface area contributed by atoms with Gasteiger partial charge in [-0.05, 0) is 43.0 Å². The summed E-state index contributed by atoms with van der Waals surface area (Å²) in [5.41, 5.74) is 2.92. The van der Waals surface area contributed by atoms with Crippen molar-refractivity contribution in [2.75, 3.05) is 5.32 Å². The summed E-state index contributed by atoms with van der Waals surface area (Å²) in [7, 11) is 0. The molecular weight excluding hydrogens is 250 g/mol. The van der Waals surface area contributed by atoms with Gasteiger partial charge < -0.3 is 10.3 Å². The van der Waals surface area contributed by atoms with Crippen LogP contribution in [-0.4, -0.2) is 16.0 Å². The van der Waals surface area contributed by atoms with E-state index in [1.165, 1.54) is 0 Å². The lowest BCUT2D eigenvalue weighted by molar-refractivity contribution is 0.834. The van der Waals surface area contributed by atoms with Gasteiger partial charge in [0.25, 0.3) is 0 Å². The molecule has 0 radical (unpaired) electrons. The molecule has 0 aliphatic carbocycles. The van der Waals surface area contributed by atoms with Crippen LogP contribution in [0, 0.1) is 0 Å². The number of aromatic nitrogens is 2. The highest BCUT2D eigenvalue weighted by molar-refractivity contribution is 5.65. The normalized spacial score (nSPS) is 11.1. The number of nitrogens with one attached hydrogen (secondary N) is 2. The summed E-state index contributed by atoms with van der Waals surface area (Å²) in [4.78, 5) is 18.6. The summed E-state index contributed by atoms with van der Waals surface area (Å²) < 4.78 is 0. The van der Waals surface area contributed by atoms with Crippen molar-refractivity contribution in [2.45, 2.75) is 39.7 Å². The molecule has 4 heteroatoms. The second-order valence-corrected chi connectivity index (χ2v) is 5.56. The van der Waals surface area contributed by atoms with Crippen LogP contribution in [0.25, 0.3) is 11.1 Å². The molecule has 0 unspecified atom stereocenters. The number of pyridine rings is 2. The Morgan fingerprint density at radius 3 is 2.50 bits per heavy atom. The first-order chi connectivity index (χ1) is 9.47. The van der Waals surface area contributed by atoms with Crippen molar-refractivity contribution >= 4 is 5.82 Å². The summed E-state index contributed by atoms with van der Waals surface area (Å²) in [6.45, 7) is 8.47. The number of aromatic amines is 1. The van der Waals surface area contributed by atoms with E-state index in [0.29, 0.717) is 12.0 Å². The standard InChI is InChI=1S/C16H21N3O/c1-10(2)14-7-13(9-18-16(14)19-11(3)4)12-5-6-17-15(20)8-12/h5-11H,1-4H3,(H,17,20)(H,18,19). The van der Waals surface area contributed by atoms with Crippen LogP contribution >= 0.6 is 0 Å². The highest BCUT2D eigenvalue weighted by Crippen LogP contribution is 2.27. The van der Waals surface area contributed by atoms with Gasteiger partial charge in [-0.3, -0.25) is 4.79 Å². The zero-order valence-electron chi connectivity index (χ0n) is 12.4. The van der Waals surface area contributed by atoms with Gasteiger partial charge in [-0.2, -0.15) is 0 Å². The lowest BCUT2D eigenvalue weighted by Crippen LogP contribution is -2.13. The van der Waals surface area contributed by atoms with Crippen LogP contribution in [0.5, 0.6) is 0 Å². The molecule has 0 saturated heterocycles. The predicted octanol–water partition coefficient (Wildman–Crippen LogP) is 3.38. The van der Waals surface area contributed by atoms with E-state index in [9.17, 15) is 4.79 Å². The Bertz CT molecular complexity index is 644. The first-order valence-corrected chi connectivity index (χ1v) is 6.93. The lowest BCUT2D eigenvalue weighted by atomic mass is 9.99. The van der Waals surface area contributed by atoms with Crippen LogP contribution in [-0.2, 0) is 0 Å². The Morgan fingerprint density at radius 1 is 1.15 bits per heavy atom. The molecule has 4 nitrogen and oxygen atoms in total. The number of hydrogen-bond acceptors (Lipinski definition) is 3. The maximum absolute atomic E-state index is 11.4. The molecule has 0 atom stereocenters. The zero-order valence-corrected chi connectivity index (χ0v) is 12.4. The van der Waals surface area contributed by atoms with Gasteiger partial charge in [0.05, 0.1) is 0 Å². The third-order valence-electron chi connectivity index (χ3n) is 3.07. The van der Waals surface area contributed by atoms with Gasteiger partial charge >= 0.3 is 0 Å². The third-order valence-corrected chi connectivity index (χ3v) is 3.07. The number of anilines is 1. The van der Waals surface area contributed by atoms with Crippen molar-refractivity contribution < 1.29 is 0 Å². The molecule has 20 heavy (non-hydrogen) atoms. The average molecular weight is 271 g/mol. The minimum absolute atomic E-state index is 0.0991. The van der Waals surface area contributed by atoms with Crippen LogP contribution in [0.3, 0.4) is 0 Å². The quantitative estimate of drug-likeness (QED) is 0.896. The summed E-state index contributed by atoms with van der Waals surface area (Å²) in [6.07, 6.45) is 3.47. The fourth-order valence-electron chi connectivity index (χ4n) is 2.10. The number of H-pyrrole nitrogens is 1. The Labute approximate surface area is 119 Å². The molecule has 0 amide bonds. The molecule has 0 aromatic carbocycles. The third kappa shape index (κ3) is 3.26. The van der Waals surface area contributed by atoms with Crippen molar-refractivity contribution in [3.8, 4) is 11.1 Å². The molecule has 2 aromatic heterocycles. The van der Waals surface area contributed by atoms with Gasteiger partial charge in [-0.15, -0.1) is 0 Å². The molecule has 106 valence electrons. The predicted molar refractivity (Wildman–Crippen MR) is 83.1 cm³/mol. The molecule has 2 N–H and O–H groups in total. The van der Waals surface area contributed by atoms with Gasteiger partial charge in [0.2, 0.25) is 5.56 Å². The summed E-state index contributed by atoms with van der Waals surface area (Å²) in [5.74, 6) is 1.29. The molecular formula is C16H21N3O. The maximum atomic E-state index is 11.4. The van der Waals surface area contributed by atoms with Gasteiger partial charge in [-0.25, -0.2) is 4.98 Å². The second kappa shape index (κ2) is 5.90. The molecule has 0 bridgehead atoms. The molecule has 2 heterocycles. The Hall–Kier alpha value is -2.10. The first kappa shape index (κ1) is 14.3. The fraction of sp³-hybridized carbons (Fsp3) is 0.375. The molecule has 0 spiro atoms. The monoisotopic (exact) mass is 271 g/mol. The van der Waals surface area contributed by atoms with Crippen LogP contribution in [0.2, 0.25) is 0 Å². The van der Waals surface area contributed by atoms with E-state index >= 15 is 0 Å². The summed E-state index contributed by atoms with van der Waals surface area (Å²) in [5, 5.41) is 3.37. The van der Waals surface area contributed by atoms with Crippen LogP contribution in [0.4, 0.5) is 5.82 Å². The van der Waals surface area contributed by atoms with Gasteiger partial charge in [0.1, 0.15) is 5.82 Å². The van der Waals surface area contributed by atoms with Crippen molar-refractivity contribution in [1.29, 1.82) is 0 Å². The van der Waals surface area contributed by atoms with E-state index in [1.54, 1.807) is 12.3 Å². The Kier molecular flexibility index (Phi) is 4.23. The first-order valence-electron chi connectivity index (χ1n) is 6.93. The smallest absolute Gasteiger partial charge is 0.248 e. The highest BCUT2D eigenvalue weighted by Gasteiger charge is 2.11. The van der Waals surface area contributed by atoms with Crippen molar-refractivity contribution in [1.82, 2.24) is 9.97 Å². The fourth-order valence-corrected chi connectivity index (χ4v) is 2.10. The van der Waals surface area contributed by atoms with Crippen LogP contribution in [0.1, 0.15) is 39.2 Å². The number of nitrogens with zero attached hydrogens (tertiary/aromatic N) is 1. The average Bonchev–Trinajstić information content (AvgIpc) is 2.38. The molecule has 0 aliphatic rings. The SMILES string of the molecule is CC(C)Nc1ncc(-c2cc[nH]c(=O)c2)cc1C(C)C. The second-order valence-electron chi connectivity index (χ2n) is 5.56. The van der Waals surface area contributed by atoms with Crippen LogP contribution < -0.4 is 10.9 Å². The number of hydrogen-bond donors (Lipinski definition) is 2. The molecule has 0 fully saturated rings. The van der Waals surface area contributed by atoms with Gasteiger partial charge in [-0.1, -0.05) is 13.8 Å². The minimum atomic E-state index is -0.0991. The van der Waals surface area contributed by atoms with E-state index in [4.69, 9.17) is 0 Å². The minimum Gasteiger partial charge on any atom is -0.368 e. The van der Waals surface area contributed by atoms with Gasteiger partial charge in [0, 0.05) is 30.1 Å². The largest absolute Gasteiger partial charge is 0.368 e. The zero-order chi connectivity index (χ0) is 14.7. The van der Waals surface area contributed by atoms with Crippen molar-refractivity contribution in [3.05, 3.63) is 46.5 Å². The van der Waals surface area contributed by atoms with Crippen LogP contribution in [0.15, 0.2) is 35.4 Å². The topological polar surface area (TPSA) is 57.8 Å². The maximum Gasteiger partial charge on any atom is 0.248 e. The van der Waals surface area contributed by atoms with E-state index in [2.05, 4.69) is 49.0 Å². The molecule has 2 aromatic rings. The summed E-state index contributed by atoms with van der Waals surface area (Å²) >= 11 is 0. The molecule has 0 saturated carbocycles. The highest BCUT2D eigenvalue weighted by atomic mass is 16.1. The van der Waals surface area contributed by atoms with Gasteiger partial charge in [0.15, 0.2) is 0 Å². The van der Waals surface area contributed by atoms with E-state index in [1.807, 2.05) is 12.3 Å². The molecule has 0 aliphatic heterocycles. The molecule has 2 rings (SSSR count). The van der Waals surface area contributed by atoms with E-state index in [-0.39, 0.29) is 5.56 Å². The van der Waals surface area contributed by atoms with E-state index in [0.717, 1.165) is 22.5 Å².